The molecular formula is C12H16ClN3O2. The maximum Gasteiger partial charge on any atom is 0.254 e. The molecule has 0 radical (unpaired) electrons. The second-order valence-electron chi connectivity index (χ2n) is 4.22. The van der Waals surface area contributed by atoms with E-state index >= 15 is 0 Å². The van der Waals surface area contributed by atoms with Gasteiger partial charge in [-0.3, -0.25) is 9.59 Å². The van der Waals surface area contributed by atoms with Crippen molar-refractivity contribution < 1.29 is 9.59 Å². The van der Waals surface area contributed by atoms with Gasteiger partial charge in [0.05, 0.1) is 6.54 Å². The predicted molar refractivity (Wildman–Crippen MR) is 71.5 cm³/mol. The Labute approximate surface area is 111 Å². The monoisotopic (exact) mass is 269 g/mol. The smallest absolute Gasteiger partial charge is 0.254 e. The molecule has 0 aliphatic heterocycles. The summed E-state index contributed by atoms with van der Waals surface area (Å²) in [6.07, 6.45) is 0. The van der Waals surface area contributed by atoms with Gasteiger partial charge in [-0.05, 0) is 18.2 Å². The normalized spacial score (nSPS) is 10.0. The fourth-order valence-corrected chi connectivity index (χ4v) is 1.62. The molecule has 0 saturated carbocycles. The molecule has 0 fully saturated rings. The van der Waals surface area contributed by atoms with Gasteiger partial charge in [0.15, 0.2) is 0 Å². The molecule has 0 saturated heterocycles. The maximum absolute atomic E-state index is 12.0. The van der Waals surface area contributed by atoms with Crippen molar-refractivity contribution in [2.75, 3.05) is 33.4 Å². The zero-order valence-electron chi connectivity index (χ0n) is 10.6. The van der Waals surface area contributed by atoms with Crippen molar-refractivity contribution >= 4 is 29.1 Å². The molecule has 0 unspecified atom stereocenters. The Kier molecular flexibility index (Phi) is 4.55. The summed E-state index contributed by atoms with van der Waals surface area (Å²) < 4.78 is 0. The molecule has 0 aliphatic rings. The largest absolute Gasteiger partial charge is 0.399 e. The van der Waals surface area contributed by atoms with Gasteiger partial charge in [0.1, 0.15) is 0 Å². The molecule has 5 nitrogen and oxygen atoms in total. The number of hydrogen-bond acceptors (Lipinski definition) is 3. The summed E-state index contributed by atoms with van der Waals surface area (Å²) in [5.74, 6) is -0.444. The molecule has 18 heavy (non-hydrogen) atoms. The van der Waals surface area contributed by atoms with E-state index in [1.165, 1.54) is 21.9 Å². The van der Waals surface area contributed by atoms with Gasteiger partial charge in [0.2, 0.25) is 5.91 Å². The third-order valence-corrected chi connectivity index (χ3v) is 2.60. The summed E-state index contributed by atoms with van der Waals surface area (Å²) in [7, 11) is 4.83. The fraction of sp³-hybridized carbons (Fsp3) is 0.333. The van der Waals surface area contributed by atoms with Crippen LogP contribution >= 0.6 is 11.6 Å². The minimum atomic E-state index is -0.292. The van der Waals surface area contributed by atoms with E-state index in [-0.39, 0.29) is 18.4 Å². The summed E-state index contributed by atoms with van der Waals surface area (Å²) in [5, 5.41) is 0.394. The standard InChI is InChI=1S/C12H16ClN3O2/c1-15(2)11(17)7-16(3)12(18)8-4-9(13)6-10(14)5-8/h4-6H,7,14H2,1-3H3. The number of nitrogens with zero attached hydrogens (tertiary/aromatic N) is 2. The summed E-state index contributed by atoms with van der Waals surface area (Å²) in [4.78, 5) is 26.3. The SMILES string of the molecule is CN(C)C(=O)CN(C)C(=O)c1cc(N)cc(Cl)c1. The molecule has 1 aromatic carbocycles. The van der Waals surface area contributed by atoms with Crippen LogP contribution in [-0.4, -0.2) is 49.3 Å². The molecule has 0 aromatic heterocycles. The number of carbonyl (C=O) groups is 2. The summed E-state index contributed by atoms with van der Waals surface area (Å²) in [6, 6.07) is 4.62. The predicted octanol–water partition coefficient (Wildman–Crippen LogP) is 1.08. The van der Waals surface area contributed by atoms with E-state index in [4.69, 9.17) is 17.3 Å². The highest BCUT2D eigenvalue weighted by molar-refractivity contribution is 6.31. The number of nitrogens with two attached hydrogens (primary N) is 1. The fourth-order valence-electron chi connectivity index (χ4n) is 1.37. The van der Waals surface area contributed by atoms with E-state index in [1.807, 2.05) is 0 Å². The van der Waals surface area contributed by atoms with Crippen LogP contribution in [-0.2, 0) is 4.79 Å². The van der Waals surface area contributed by atoms with Crippen LogP contribution in [0.2, 0.25) is 5.02 Å². The molecule has 2 N–H and O–H groups in total. The molecule has 0 bridgehead atoms. The number of halogens is 1. The van der Waals surface area contributed by atoms with Crippen LogP contribution in [0.5, 0.6) is 0 Å². The molecule has 1 aromatic rings. The van der Waals surface area contributed by atoms with E-state index in [0.29, 0.717) is 16.3 Å². The molecule has 2 amide bonds. The van der Waals surface area contributed by atoms with Crippen molar-refractivity contribution in [2.45, 2.75) is 0 Å². The highest BCUT2D eigenvalue weighted by Gasteiger charge is 2.16. The average Bonchev–Trinajstić information content (AvgIpc) is 2.26. The molecule has 98 valence electrons. The van der Waals surface area contributed by atoms with Crippen LogP contribution < -0.4 is 5.73 Å². The minimum absolute atomic E-state index is 0.0122. The lowest BCUT2D eigenvalue weighted by Gasteiger charge is -2.19. The summed E-state index contributed by atoms with van der Waals surface area (Å²) >= 11 is 5.83. The third kappa shape index (κ3) is 3.63. The Hall–Kier alpha value is -1.75. The van der Waals surface area contributed by atoms with Crippen LogP contribution in [0.25, 0.3) is 0 Å². The average molecular weight is 270 g/mol. The topological polar surface area (TPSA) is 66.6 Å². The number of likely N-dealkylation sites (N-methyl/N-ethyl adjacent to an activating group) is 2. The second-order valence-corrected chi connectivity index (χ2v) is 4.66. The van der Waals surface area contributed by atoms with Gasteiger partial charge < -0.3 is 15.5 Å². The summed E-state index contributed by atoms with van der Waals surface area (Å²) in [5.41, 5.74) is 6.40. The van der Waals surface area contributed by atoms with Gasteiger partial charge in [0.25, 0.3) is 5.91 Å². The van der Waals surface area contributed by atoms with Gasteiger partial charge in [-0.15, -0.1) is 0 Å². The molecule has 0 spiro atoms. The van der Waals surface area contributed by atoms with Crippen LogP contribution in [0.4, 0.5) is 5.69 Å². The van der Waals surface area contributed by atoms with E-state index in [2.05, 4.69) is 0 Å². The van der Waals surface area contributed by atoms with Gasteiger partial charge in [0, 0.05) is 37.4 Å². The molecule has 0 atom stereocenters. The first kappa shape index (κ1) is 14.3. The molecular weight excluding hydrogens is 254 g/mol. The number of anilines is 1. The number of rotatable bonds is 3. The minimum Gasteiger partial charge on any atom is -0.399 e. The third-order valence-electron chi connectivity index (χ3n) is 2.38. The van der Waals surface area contributed by atoms with E-state index < -0.39 is 0 Å². The number of carbonyl (C=O) groups excluding carboxylic acids is 2. The second kappa shape index (κ2) is 5.73. The van der Waals surface area contributed by atoms with E-state index in [9.17, 15) is 9.59 Å². The van der Waals surface area contributed by atoms with Crippen molar-refractivity contribution in [3.63, 3.8) is 0 Å². The summed E-state index contributed by atoms with van der Waals surface area (Å²) in [6.45, 7) is 0.0122. The van der Waals surface area contributed by atoms with Gasteiger partial charge in [-0.1, -0.05) is 11.6 Å². The number of hydrogen-bond donors (Lipinski definition) is 1. The van der Waals surface area contributed by atoms with E-state index in [1.54, 1.807) is 27.2 Å². The van der Waals surface area contributed by atoms with Crippen molar-refractivity contribution in [3.05, 3.63) is 28.8 Å². The quantitative estimate of drug-likeness (QED) is 0.835. The van der Waals surface area contributed by atoms with Gasteiger partial charge in [-0.25, -0.2) is 0 Å². The lowest BCUT2D eigenvalue weighted by molar-refractivity contribution is -0.129. The first-order chi connectivity index (χ1) is 8.31. The van der Waals surface area contributed by atoms with Crippen molar-refractivity contribution in [1.82, 2.24) is 9.80 Å². The molecule has 1 rings (SSSR count). The molecule has 0 heterocycles. The highest BCUT2D eigenvalue weighted by Crippen LogP contribution is 2.17. The van der Waals surface area contributed by atoms with Crippen LogP contribution in [0.3, 0.4) is 0 Å². The van der Waals surface area contributed by atoms with Crippen molar-refractivity contribution in [1.29, 1.82) is 0 Å². The van der Waals surface area contributed by atoms with Crippen molar-refractivity contribution in [2.24, 2.45) is 0 Å². The van der Waals surface area contributed by atoms with Crippen LogP contribution in [0.15, 0.2) is 18.2 Å². The number of benzene rings is 1. The zero-order chi connectivity index (χ0) is 13.9. The Morgan fingerprint density at radius 3 is 2.33 bits per heavy atom. The van der Waals surface area contributed by atoms with E-state index in [0.717, 1.165) is 0 Å². The van der Waals surface area contributed by atoms with Crippen LogP contribution in [0, 0.1) is 0 Å². The molecule has 6 heteroatoms. The van der Waals surface area contributed by atoms with Crippen molar-refractivity contribution in [3.8, 4) is 0 Å². The Morgan fingerprint density at radius 2 is 1.83 bits per heavy atom. The van der Waals surface area contributed by atoms with Gasteiger partial charge in [-0.2, -0.15) is 0 Å². The lowest BCUT2D eigenvalue weighted by atomic mass is 10.2. The Morgan fingerprint density at radius 1 is 1.22 bits per heavy atom. The molecule has 0 aliphatic carbocycles. The maximum atomic E-state index is 12.0. The highest BCUT2D eigenvalue weighted by atomic mass is 35.5. The van der Waals surface area contributed by atoms with Gasteiger partial charge >= 0.3 is 0 Å². The first-order valence-electron chi connectivity index (χ1n) is 5.33. The Balaban J connectivity index is 2.83. The number of nitrogen functional groups attached to an aromatic ring is 1. The van der Waals surface area contributed by atoms with Crippen LogP contribution in [0.1, 0.15) is 10.4 Å². The first-order valence-corrected chi connectivity index (χ1v) is 5.70. The zero-order valence-corrected chi connectivity index (χ0v) is 11.4. The Bertz CT molecular complexity index is 454. The lowest BCUT2D eigenvalue weighted by Crippen LogP contribution is -2.37. The number of amides is 2.